The Labute approximate surface area is 719 Å². The van der Waals surface area contributed by atoms with Gasteiger partial charge in [0.15, 0.2) is 0 Å². The summed E-state index contributed by atoms with van der Waals surface area (Å²) in [5, 5.41) is 10.2. The molecule has 0 heterocycles. The molecule has 0 atom stereocenters. The highest BCUT2D eigenvalue weighted by molar-refractivity contribution is 5.92. The van der Waals surface area contributed by atoms with E-state index in [9.17, 15) is 28.8 Å². The third-order valence-corrected chi connectivity index (χ3v) is 24.8. The van der Waals surface area contributed by atoms with Crippen LogP contribution in [-0.4, -0.2) is 186 Å². The molecular weight excluding hydrogens is 1490 g/mol. The van der Waals surface area contributed by atoms with Crippen molar-refractivity contribution in [2.24, 2.45) is 22.2 Å². The van der Waals surface area contributed by atoms with Crippen molar-refractivity contribution in [3.05, 3.63) is 0 Å². The maximum atomic E-state index is 15.1. The van der Waals surface area contributed by atoms with Crippen LogP contribution < -0.4 is 16.0 Å². The van der Waals surface area contributed by atoms with E-state index in [1.807, 2.05) is 0 Å². The third-order valence-electron chi connectivity index (χ3n) is 24.8. The van der Waals surface area contributed by atoms with Crippen LogP contribution in [0.5, 0.6) is 0 Å². The summed E-state index contributed by atoms with van der Waals surface area (Å²) in [4.78, 5) is 128. The van der Waals surface area contributed by atoms with Crippen molar-refractivity contribution < 1.29 is 71.6 Å². The monoisotopic (exact) mass is 1670 g/mol. The molecule has 4 aliphatic carbocycles. The van der Waals surface area contributed by atoms with E-state index in [0.717, 1.165) is 367 Å². The molecule has 3 N–H and O–H groups in total. The van der Waals surface area contributed by atoms with Crippen molar-refractivity contribution in [1.82, 2.24) is 30.7 Å². The Kier molecular flexibility index (Phi) is 65.0. The number of hydrogen-bond acceptors (Lipinski definition) is 18. The molecule has 4 aliphatic rings. The highest BCUT2D eigenvalue weighted by atomic mass is 16.6. The van der Waals surface area contributed by atoms with Gasteiger partial charge in [-0.2, -0.15) is 0 Å². The Balaban J connectivity index is 1.67. The number of unbranched alkanes of at least 4 members (excludes halogenated alkanes) is 33. The predicted octanol–water partition coefficient (Wildman–Crippen LogP) is 20.6. The Hall–Kier alpha value is -4.89. The van der Waals surface area contributed by atoms with Gasteiger partial charge in [0.2, 0.25) is 17.7 Å². The second-order valence-corrected chi connectivity index (χ2v) is 35.8. The van der Waals surface area contributed by atoms with Gasteiger partial charge >= 0.3 is 35.8 Å². The SMILES string of the molecule is CCCCCCOC(=O)CCCCN(CCCCCCNC(=O)C12CC3CC(C(=O)NCCCCCCN(CCCCC(=O)OCCCCCC)CCCCC(=O)OCCCCCC)(C1)CC(C(=O)NCCCCCCN(CCCCC(=O)OCCCCCC)CCCCC(=O)OCCCCCC)(C3)C2)CCCCC(=O)OCCCCCC. The lowest BCUT2D eigenvalue weighted by Crippen LogP contribution is -2.67. The highest BCUT2D eigenvalue weighted by Crippen LogP contribution is 2.70. The highest BCUT2D eigenvalue weighted by Gasteiger charge is 2.69. The Bertz CT molecular complexity index is 2210. The maximum Gasteiger partial charge on any atom is 0.305 e. The summed E-state index contributed by atoms with van der Waals surface area (Å²) in [6.45, 7) is 25.6. The van der Waals surface area contributed by atoms with E-state index in [0.29, 0.717) is 136 Å². The summed E-state index contributed by atoms with van der Waals surface area (Å²) < 4.78 is 33.1. The first-order valence-electron chi connectivity index (χ1n) is 49.5. The molecule has 0 aromatic carbocycles. The van der Waals surface area contributed by atoms with Crippen LogP contribution in [-0.2, 0) is 71.6 Å². The van der Waals surface area contributed by atoms with Crippen molar-refractivity contribution in [1.29, 1.82) is 0 Å². The third kappa shape index (κ3) is 52.5. The molecular formula is C97H178N6O15. The number of hydrogen-bond donors (Lipinski definition) is 3. The summed E-state index contributed by atoms with van der Waals surface area (Å²) in [6.07, 6.45) is 53.0. The van der Waals surface area contributed by atoms with E-state index in [1.54, 1.807) is 0 Å². The normalized spacial score (nSPS) is 17.3. The smallest absolute Gasteiger partial charge is 0.305 e. The zero-order valence-corrected chi connectivity index (χ0v) is 76.7. The van der Waals surface area contributed by atoms with Gasteiger partial charge in [-0.3, -0.25) is 43.2 Å². The number of rotatable bonds is 84. The Morgan fingerprint density at radius 3 is 0.585 bits per heavy atom. The molecule has 0 unspecified atom stereocenters. The number of esters is 6. The summed E-state index contributed by atoms with van der Waals surface area (Å²) >= 11 is 0. The van der Waals surface area contributed by atoms with Crippen molar-refractivity contribution >= 4 is 53.5 Å². The number of amides is 3. The molecule has 21 heteroatoms. The number of carbonyl (C=O) groups is 9. The topological polar surface area (TPSA) is 255 Å². The number of ether oxygens (including phenoxy) is 6. The minimum atomic E-state index is -0.828. The second-order valence-electron chi connectivity index (χ2n) is 35.8. The van der Waals surface area contributed by atoms with E-state index in [-0.39, 0.29) is 59.5 Å². The van der Waals surface area contributed by atoms with Crippen molar-refractivity contribution in [3.8, 4) is 0 Å². The molecule has 4 rings (SSSR count). The van der Waals surface area contributed by atoms with Crippen LogP contribution in [0.15, 0.2) is 0 Å². The fraction of sp³-hybridized carbons (Fsp3) is 0.907. The van der Waals surface area contributed by atoms with E-state index < -0.39 is 16.2 Å². The van der Waals surface area contributed by atoms with Gasteiger partial charge in [-0.1, -0.05) is 196 Å². The molecule has 0 saturated heterocycles. The zero-order chi connectivity index (χ0) is 85.5. The van der Waals surface area contributed by atoms with Crippen LogP contribution >= 0.6 is 0 Å². The van der Waals surface area contributed by atoms with Crippen molar-refractivity contribution in [2.75, 3.05) is 118 Å². The Morgan fingerprint density at radius 2 is 0.398 bits per heavy atom. The Morgan fingerprint density at radius 1 is 0.229 bits per heavy atom. The van der Waals surface area contributed by atoms with Crippen LogP contribution in [0.25, 0.3) is 0 Å². The molecule has 0 radical (unpaired) electrons. The second kappa shape index (κ2) is 71.5. The first kappa shape index (κ1) is 107. The van der Waals surface area contributed by atoms with Crippen LogP contribution in [0.3, 0.4) is 0 Å². The summed E-state index contributed by atoms with van der Waals surface area (Å²) in [6, 6.07) is 0. The molecule has 0 spiro atoms. The quantitative estimate of drug-likeness (QED) is 0.0291. The van der Waals surface area contributed by atoms with E-state index >= 15 is 14.4 Å². The molecule has 118 heavy (non-hydrogen) atoms. The van der Waals surface area contributed by atoms with E-state index in [1.165, 1.54) is 0 Å². The van der Waals surface area contributed by atoms with Gasteiger partial charge in [0, 0.05) is 58.2 Å². The average molecular weight is 1670 g/mol. The van der Waals surface area contributed by atoms with Gasteiger partial charge in [-0.25, -0.2) is 0 Å². The zero-order valence-electron chi connectivity index (χ0n) is 76.7. The lowest BCUT2D eigenvalue weighted by atomic mass is 9.39. The van der Waals surface area contributed by atoms with Gasteiger partial charge in [-0.05, 0) is 257 Å². The summed E-state index contributed by atoms with van der Waals surface area (Å²) in [7, 11) is 0. The van der Waals surface area contributed by atoms with Gasteiger partial charge in [0.1, 0.15) is 0 Å². The minimum absolute atomic E-state index is 0.0151. The van der Waals surface area contributed by atoms with Gasteiger partial charge in [0.05, 0.1) is 55.9 Å². The summed E-state index contributed by atoms with van der Waals surface area (Å²) in [5.41, 5.74) is -2.48. The first-order valence-corrected chi connectivity index (χ1v) is 49.5. The molecule has 0 aliphatic heterocycles. The predicted molar refractivity (Wildman–Crippen MR) is 476 cm³/mol. The summed E-state index contributed by atoms with van der Waals surface area (Å²) in [5.74, 6) is -0.675. The van der Waals surface area contributed by atoms with E-state index in [4.69, 9.17) is 28.4 Å². The number of nitrogens with zero attached hydrogens (tertiary/aromatic N) is 3. The van der Waals surface area contributed by atoms with Crippen LogP contribution in [0.1, 0.15) is 427 Å². The van der Waals surface area contributed by atoms with Gasteiger partial charge in [0.25, 0.3) is 0 Å². The fourth-order valence-corrected chi connectivity index (χ4v) is 18.2. The molecule has 0 aromatic rings. The number of carbonyl (C=O) groups excluding carboxylic acids is 9. The number of nitrogens with one attached hydrogen (secondary N) is 3. The molecule has 686 valence electrons. The molecule has 21 nitrogen and oxygen atoms in total. The minimum Gasteiger partial charge on any atom is -0.466 e. The maximum absolute atomic E-state index is 15.1. The average Bonchev–Trinajstić information content (AvgIpc) is 0.690. The van der Waals surface area contributed by atoms with Gasteiger partial charge in [-0.15, -0.1) is 0 Å². The molecule has 0 aromatic heterocycles. The largest absolute Gasteiger partial charge is 0.466 e. The first-order chi connectivity index (χ1) is 57.5. The standard InChI is InChI=1S/C97H178N6O15/c1-7-13-19-49-73-113-86(104)55-31-43-67-101(68-44-32-56-87(105)114-74-50-20-14-8-2)64-40-28-25-37-61-98-92(110)95-79-85-80-96(82-95,93(111)99-62-38-26-29-41-65-102(69-45-33-57-88(106)115-75-51-21-15-9-3)70-46-34-58-89(107)116-76-52-22-16-10-4)84-97(81-85,83-95)94(112)100-63-39-27-30-42-66-103(71-47-35-59-90(108)117-77-53-23-17-11-5)72-48-36-60-91(109)118-78-54-24-18-12-6/h85H,7-84H2,1-6H3,(H,98,110)(H,99,111)(H,100,112). The lowest BCUT2D eigenvalue weighted by molar-refractivity contribution is -0.188. The lowest BCUT2D eigenvalue weighted by Gasteiger charge is -2.64. The van der Waals surface area contributed by atoms with Gasteiger partial charge < -0.3 is 59.1 Å². The van der Waals surface area contributed by atoms with Crippen molar-refractivity contribution in [2.45, 2.75) is 427 Å². The molecule has 4 fully saturated rings. The van der Waals surface area contributed by atoms with Crippen LogP contribution in [0.4, 0.5) is 0 Å². The fourth-order valence-electron chi connectivity index (χ4n) is 18.2. The van der Waals surface area contributed by atoms with Crippen LogP contribution in [0, 0.1) is 22.2 Å². The van der Waals surface area contributed by atoms with Crippen LogP contribution in [0.2, 0.25) is 0 Å². The molecule has 4 bridgehead atoms. The van der Waals surface area contributed by atoms with E-state index in [2.05, 4.69) is 72.2 Å². The molecule has 4 saturated carbocycles. The van der Waals surface area contributed by atoms with Crippen molar-refractivity contribution in [3.63, 3.8) is 0 Å². The molecule has 3 amide bonds.